The molecule has 2 aromatic carbocycles. The Morgan fingerprint density at radius 1 is 1.10 bits per heavy atom. The largest absolute Gasteiger partial charge is 0.491 e. The first-order valence-corrected chi connectivity index (χ1v) is 12.0. The number of hydrogen-bond acceptors (Lipinski definition) is 4. The van der Waals surface area contributed by atoms with Crippen LogP contribution < -0.4 is 4.74 Å². The lowest BCUT2D eigenvalue weighted by molar-refractivity contribution is -0.135. The van der Waals surface area contributed by atoms with E-state index in [0.717, 1.165) is 16.9 Å². The van der Waals surface area contributed by atoms with Crippen molar-refractivity contribution < 1.29 is 17.9 Å². The fraction of sp³-hybridized carbons (Fsp3) is 0.375. The van der Waals surface area contributed by atoms with E-state index in [2.05, 4.69) is 0 Å². The van der Waals surface area contributed by atoms with Crippen LogP contribution in [0.25, 0.3) is 6.08 Å². The molecule has 2 aromatic rings. The number of aryl methyl sites for hydroxylation is 1. The summed E-state index contributed by atoms with van der Waals surface area (Å²) in [7, 11) is -1.72. The lowest BCUT2D eigenvalue weighted by Gasteiger charge is -2.31. The van der Waals surface area contributed by atoms with Gasteiger partial charge in [-0.05, 0) is 43.0 Å². The molecule has 0 radical (unpaired) electrons. The van der Waals surface area contributed by atoms with E-state index in [4.69, 9.17) is 4.74 Å². The lowest BCUT2D eigenvalue weighted by atomic mass is 9.97. The molecule has 1 saturated heterocycles. The molecule has 1 amide bonds. The van der Waals surface area contributed by atoms with Crippen LogP contribution in [0.15, 0.2) is 60.0 Å². The van der Waals surface area contributed by atoms with E-state index in [1.807, 2.05) is 61.5 Å². The summed E-state index contributed by atoms with van der Waals surface area (Å²) in [6, 6.07) is 17.1. The lowest BCUT2D eigenvalue weighted by Crippen LogP contribution is -2.43. The van der Waals surface area contributed by atoms with Gasteiger partial charge in [0.2, 0.25) is 15.9 Å². The molecule has 0 spiro atoms. The third kappa shape index (κ3) is 6.42. The van der Waals surface area contributed by atoms with Gasteiger partial charge in [0.25, 0.3) is 0 Å². The maximum atomic E-state index is 12.8. The highest BCUT2D eigenvalue weighted by Crippen LogP contribution is 2.22. The van der Waals surface area contributed by atoms with Gasteiger partial charge >= 0.3 is 0 Å². The maximum absolute atomic E-state index is 12.8. The second kappa shape index (κ2) is 10.6. The van der Waals surface area contributed by atoms with Crippen LogP contribution in [-0.2, 0) is 14.8 Å². The van der Waals surface area contributed by atoms with E-state index >= 15 is 0 Å². The molecular weight excluding hydrogens is 412 g/mol. The van der Waals surface area contributed by atoms with Gasteiger partial charge in [-0.2, -0.15) is 4.31 Å². The molecule has 0 atom stereocenters. The van der Waals surface area contributed by atoms with Gasteiger partial charge in [0.1, 0.15) is 12.4 Å². The molecule has 6 nitrogen and oxygen atoms in total. The summed E-state index contributed by atoms with van der Waals surface area (Å²) in [6.07, 6.45) is 2.66. The average Bonchev–Trinajstić information content (AvgIpc) is 2.79. The zero-order valence-corrected chi connectivity index (χ0v) is 18.9. The van der Waals surface area contributed by atoms with Gasteiger partial charge in [-0.25, -0.2) is 8.42 Å². The molecule has 7 heteroatoms. The Morgan fingerprint density at radius 2 is 1.74 bits per heavy atom. The SMILES string of the molecule is Cc1ccccc1OCCN(C)C(=O)C1CCN(S(=O)(=O)/C=C/c2ccccc2)CC1. The fourth-order valence-electron chi connectivity index (χ4n) is 3.60. The van der Waals surface area contributed by atoms with Crippen molar-refractivity contribution >= 4 is 22.0 Å². The number of rotatable bonds is 8. The number of piperidine rings is 1. The van der Waals surface area contributed by atoms with Gasteiger partial charge in [0.05, 0.1) is 6.54 Å². The molecule has 31 heavy (non-hydrogen) atoms. The number of sulfonamides is 1. The molecule has 1 aliphatic heterocycles. The smallest absolute Gasteiger partial charge is 0.236 e. The molecule has 0 aliphatic carbocycles. The monoisotopic (exact) mass is 442 g/mol. The van der Waals surface area contributed by atoms with Crippen molar-refractivity contribution in [3.8, 4) is 5.75 Å². The van der Waals surface area contributed by atoms with Crippen molar-refractivity contribution in [2.45, 2.75) is 19.8 Å². The predicted molar refractivity (Wildman–Crippen MR) is 123 cm³/mol. The molecule has 1 aliphatic rings. The Bertz CT molecular complexity index is 997. The summed E-state index contributed by atoms with van der Waals surface area (Å²) >= 11 is 0. The number of likely N-dealkylation sites (N-methyl/N-ethyl adjacent to an activating group) is 1. The van der Waals surface area contributed by atoms with Crippen LogP contribution in [0.1, 0.15) is 24.0 Å². The highest BCUT2D eigenvalue weighted by Gasteiger charge is 2.31. The first kappa shape index (κ1) is 23.0. The molecule has 0 saturated carbocycles. The van der Waals surface area contributed by atoms with Crippen molar-refractivity contribution in [2.24, 2.45) is 5.92 Å². The number of carbonyl (C=O) groups excluding carboxylic acids is 1. The van der Waals surface area contributed by atoms with Crippen LogP contribution in [-0.4, -0.2) is 56.8 Å². The Labute approximate surface area is 185 Å². The van der Waals surface area contributed by atoms with E-state index < -0.39 is 10.0 Å². The van der Waals surface area contributed by atoms with Gasteiger partial charge < -0.3 is 9.64 Å². The number of para-hydroxylation sites is 1. The average molecular weight is 443 g/mol. The topological polar surface area (TPSA) is 66.9 Å². The third-order valence-corrected chi connectivity index (χ3v) is 7.11. The number of carbonyl (C=O) groups is 1. The maximum Gasteiger partial charge on any atom is 0.236 e. The van der Waals surface area contributed by atoms with Crippen LogP contribution >= 0.6 is 0 Å². The molecule has 3 rings (SSSR count). The second-order valence-electron chi connectivity index (χ2n) is 7.81. The van der Waals surface area contributed by atoms with Crippen LogP contribution in [0.5, 0.6) is 5.75 Å². The van der Waals surface area contributed by atoms with E-state index in [1.165, 1.54) is 9.71 Å². The Morgan fingerprint density at radius 3 is 2.42 bits per heavy atom. The minimum atomic E-state index is -3.49. The highest BCUT2D eigenvalue weighted by molar-refractivity contribution is 7.92. The number of hydrogen-bond donors (Lipinski definition) is 0. The molecule has 1 heterocycles. The van der Waals surface area contributed by atoms with Crippen molar-refractivity contribution in [3.05, 3.63) is 71.1 Å². The van der Waals surface area contributed by atoms with Crippen molar-refractivity contribution in [3.63, 3.8) is 0 Å². The summed E-state index contributed by atoms with van der Waals surface area (Å²) in [5.41, 5.74) is 1.90. The highest BCUT2D eigenvalue weighted by atomic mass is 32.2. The van der Waals surface area contributed by atoms with Crippen LogP contribution in [0.4, 0.5) is 0 Å². The second-order valence-corrected chi connectivity index (χ2v) is 9.62. The zero-order valence-electron chi connectivity index (χ0n) is 18.1. The van der Waals surface area contributed by atoms with Gasteiger partial charge in [0.15, 0.2) is 0 Å². The molecular formula is C24H30N2O4S. The number of nitrogens with zero attached hydrogens (tertiary/aromatic N) is 2. The Balaban J connectivity index is 1.46. The van der Waals surface area contributed by atoms with Gasteiger partial charge in [-0.15, -0.1) is 0 Å². The molecule has 166 valence electrons. The fourth-order valence-corrected chi connectivity index (χ4v) is 4.83. The summed E-state index contributed by atoms with van der Waals surface area (Å²) < 4.78 is 32.4. The van der Waals surface area contributed by atoms with Crippen LogP contribution in [0, 0.1) is 12.8 Å². The first-order valence-electron chi connectivity index (χ1n) is 10.5. The summed E-state index contributed by atoms with van der Waals surface area (Å²) in [5, 5.41) is 1.25. The normalized spacial score (nSPS) is 15.8. The Kier molecular flexibility index (Phi) is 7.87. The molecule has 0 N–H and O–H groups in total. The van der Waals surface area contributed by atoms with E-state index in [0.29, 0.717) is 39.1 Å². The first-order chi connectivity index (χ1) is 14.9. The number of ether oxygens (including phenoxy) is 1. The van der Waals surface area contributed by atoms with Crippen LogP contribution in [0.3, 0.4) is 0 Å². The van der Waals surface area contributed by atoms with Gasteiger partial charge in [-0.1, -0.05) is 48.5 Å². The van der Waals surface area contributed by atoms with E-state index in [1.54, 1.807) is 18.0 Å². The Hall–Kier alpha value is -2.64. The quantitative estimate of drug-likeness (QED) is 0.627. The van der Waals surface area contributed by atoms with E-state index in [-0.39, 0.29) is 11.8 Å². The molecule has 1 fully saturated rings. The van der Waals surface area contributed by atoms with Gasteiger partial charge in [0, 0.05) is 31.5 Å². The van der Waals surface area contributed by atoms with Crippen molar-refractivity contribution in [1.82, 2.24) is 9.21 Å². The van der Waals surface area contributed by atoms with Crippen molar-refractivity contribution in [2.75, 3.05) is 33.3 Å². The number of amides is 1. The number of benzene rings is 2. The van der Waals surface area contributed by atoms with Crippen molar-refractivity contribution in [1.29, 1.82) is 0 Å². The zero-order chi connectivity index (χ0) is 22.3. The third-order valence-electron chi connectivity index (χ3n) is 5.55. The summed E-state index contributed by atoms with van der Waals surface area (Å²) in [5.74, 6) is 0.712. The molecule has 0 aromatic heterocycles. The van der Waals surface area contributed by atoms with E-state index in [9.17, 15) is 13.2 Å². The standard InChI is InChI=1S/C24H30N2O4S/c1-20-8-6-7-11-23(20)30-18-17-25(2)24(27)22-12-15-26(16-13-22)31(28,29)19-14-21-9-4-3-5-10-21/h3-11,14,19,22H,12-13,15-18H2,1-2H3/b19-14+. The van der Waals surface area contributed by atoms with Gasteiger partial charge in [-0.3, -0.25) is 4.79 Å². The molecule has 0 unspecified atom stereocenters. The minimum Gasteiger partial charge on any atom is -0.491 e. The minimum absolute atomic E-state index is 0.0465. The molecule has 0 bridgehead atoms. The predicted octanol–water partition coefficient (Wildman–Crippen LogP) is 3.54. The summed E-state index contributed by atoms with van der Waals surface area (Å²) in [4.78, 5) is 14.4. The summed E-state index contributed by atoms with van der Waals surface area (Å²) in [6.45, 7) is 3.61. The van der Waals surface area contributed by atoms with Crippen LogP contribution in [0.2, 0.25) is 0 Å².